The van der Waals surface area contributed by atoms with Gasteiger partial charge in [0.2, 0.25) is 0 Å². The molecule has 1 aliphatic rings. The van der Waals surface area contributed by atoms with Crippen LogP contribution in [0.4, 0.5) is 0 Å². The largest absolute Gasteiger partial charge is 0.496 e. The van der Waals surface area contributed by atoms with Gasteiger partial charge in [-0.25, -0.2) is 0 Å². The van der Waals surface area contributed by atoms with Crippen LogP contribution in [0.15, 0.2) is 41.0 Å². The van der Waals surface area contributed by atoms with Crippen molar-refractivity contribution in [1.82, 2.24) is 0 Å². The van der Waals surface area contributed by atoms with Gasteiger partial charge in [-0.2, -0.15) is 0 Å². The molecule has 248 valence electrons. The Kier molecular flexibility index (Phi) is 9.70. The SMILES string of the molecule is COc1c(C)cc([Si](c2cc(C)c(OC)c(C)c2OC)(c2cc(C)c(OC)c(C)c2OC)C2(C)C=C(C)C(C)=C2C)c(OC)c1C. The van der Waals surface area contributed by atoms with Crippen molar-refractivity contribution in [2.24, 2.45) is 0 Å². The van der Waals surface area contributed by atoms with Gasteiger partial charge in [0.1, 0.15) is 34.5 Å². The summed E-state index contributed by atoms with van der Waals surface area (Å²) in [6, 6.07) is 6.86. The van der Waals surface area contributed by atoms with Crippen molar-refractivity contribution in [3.63, 3.8) is 0 Å². The molecule has 0 amide bonds. The molecule has 0 spiro atoms. The molecule has 1 atom stereocenters. The van der Waals surface area contributed by atoms with Gasteiger partial charge in [0.25, 0.3) is 0 Å². The average Bonchev–Trinajstić information content (AvgIpc) is 3.20. The van der Waals surface area contributed by atoms with Gasteiger partial charge in [-0.3, -0.25) is 0 Å². The summed E-state index contributed by atoms with van der Waals surface area (Å²) in [6.45, 7) is 21.7. The second-order valence-corrected chi connectivity index (χ2v) is 17.0. The van der Waals surface area contributed by atoms with Gasteiger partial charge in [0.15, 0.2) is 8.07 Å². The Balaban J connectivity index is 2.55. The monoisotopic (exact) mass is 644 g/mol. The smallest absolute Gasteiger partial charge is 0.175 e. The lowest BCUT2D eigenvalue weighted by Gasteiger charge is -2.49. The summed E-state index contributed by atoms with van der Waals surface area (Å²) in [7, 11) is 7.01. The van der Waals surface area contributed by atoms with Gasteiger partial charge in [-0.1, -0.05) is 42.3 Å². The Morgan fingerprint density at radius 3 is 0.957 bits per heavy atom. The lowest BCUT2D eigenvalue weighted by Crippen LogP contribution is -2.74. The Bertz CT molecular complexity index is 1600. The molecule has 0 heterocycles. The van der Waals surface area contributed by atoms with Crippen LogP contribution >= 0.6 is 0 Å². The van der Waals surface area contributed by atoms with Crippen LogP contribution < -0.4 is 44.0 Å². The predicted octanol–water partition coefficient (Wildman–Crippen LogP) is 7.12. The van der Waals surface area contributed by atoms with E-state index in [0.717, 1.165) is 83.4 Å². The second-order valence-electron chi connectivity index (χ2n) is 12.8. The van der Waals surface area contributed by atoms with Gasteiger partial charge >= 0.3 is 0 Å². The molecule has 4 rings (SSSR count). The van der Waals surface area contributed by atoms with E-state index in [1.807, 2.05) is 0 Å². The maximum atomic E-state index is 6.46. The number of benzene rings is 3. The van der Waals surface area contributed by atoms with Gasteiger partial charge in [0, 0.05) is 21.7 Å². The van der Waals surface area contributed by atoms with E-state index < -0.39 is 13.1 Å². The van der Waals surface area contributed by atoms with Crippen molar-refractivity contribution < 1.29 is 28.4 Å². The van der Waals surface area contributed by atoms with Crippen molar-refractivity contribution in [2.45, 2.75) is 74.3 Å². The number of methoxy groups -OCH3 is 6. The standard InChI is InChI=1S/C39H52O6Si/c1-21-17-30(36(43-14)26(6)33(21)40-11)46(39(10)20-24(4)25(5)29(39)9,31-18-22(2)34(41-12)27(7)37(31)44-15)32-19-23(3)35(42-13)28(8)38(32)45-16/h17-20H,1-16H3. The summed E-state index contributed by atoms with van der Waals surface area (Å²) in [5.74, 6) is 4.87. The van der Waals surface area contributed by atoms with E-state index in [9.17, 15) is 0 Å². The van der Waals surface area contributed by atoms with E-state index in [1.165, 1.54) is 16.7 Å². The number of aryl methyl sites for hydroxylation is 3. The Morgan fingerprint density at radius 1 is 0.457 bits per heavy atom. The van der Waals surface area contributed by atoms with Crippen molar-refractivity contribution in [1.29, 1.82) is 0 Å². The van der Waals surface area contributed by atoms with Gasteiger partial charge in [0.05, 0.1) is 42.7 Å². The fourth-order valence-corrected chi connectivity index (χ4v) is 15.3. The first-order chi connectivity index (χ1) is 21.7. The molecule has 1 unspecified atom stereocenters. The van der Waals surface area contributed by atoms with Crippen LogP contribution in [-0.2, 0) is 0 Å². The molecule has 0 aliphatic heterocycles. The summed E-state index contributed by atoms with van der Waals surface area (Å²) in [4.78, 5) is 0. The van der Waals surface area contributed by atoms with Gasteiger partial charge < -0.3 is 28.4 Å². The van der Waals surface area contributed by atoms with E-state index in [1.54, 1.807) is 42.7 Å². The molecule has 0 N–H and O–H groups in total. The summed E-state index contributed by atoms with van der Waals surface area (Å²) in [5, 5.41) is 2.88. The van der Waals surface area contributed by atoms with Crippen LogP contribution in [-0.4, -0.2) is 50.7 Å². The van der Waals surface area contributed by atoms with Crippen molar-refractivity contribution in [2.75, 3.05) is 42.7 Å². The fourth-order valence-electron chi connectivity index (χ4n) is 8.41. The van der Waals surface area contributed by atoms with E-state index in [4.69, 9.17) is 28.4 Å². The highest BCUT2D eigenvalue weighted by molar-refractivity contribution is 7.15. The molecule has 0 bridgehead atoms. The number of ether oxygens (including phenoxy) is 6. The highest BCUT2D eigenvalue weighted by Crippen LogP contribution is 2.56. The molecule has 6 nitrogen and oxygen atoms in total. The van der Waals surface area contributed by atoms with E-state index >= 15 is 0 Å². The van der Waals surface area contributed by atoms with E-state index in [2.05, 4.69) is 93.5 Å². The van der Waals surface area contributed by atoms with Gasteiger partial charge in [-0.05, 0) is 100 Å². The molecule has 3 aromatic carbocycles. The zero-order valence-electron chi connectivity index (χ0n) is 30.8. The van der Waals surface area contributed by atoms with Crippen LogP contribution in [0.3, 0.4) is 0 Å². The molecule has 7 heteroatoms. The minimum absolute atomic E-state index is 0.483. The summed E-state index contributed by atoms with van der Waals surface area (Å²) < 4.78 is 37.3. The molecule has 0 saturated carbocycles. The fraction of sp³-hybridized carbons (Fsp3) is 0.436. The third-order valence-corrected chi connectivity index (χ3v) is 16.2. The first-order valence-corrected chi connectivity index (χ1v) is 17.7. The molecule has 0 aromatic heterocycles. The Labute approximate surface area is 277 Å². The third-order valence-electron chi connectivity index (χ3n) is 10.6. The van der Waals surface area contributed by atoms with Gasteiger partial charge in [-0.15, -0.1) is 0 Å². The first kappa shape index (κ1) is 35.0. The summed E-state index contributed by atoms with van der Waals surface area (Å²) >= 11 is 0. The third kappa shape index (κ3) is 4.72. The highest BCUT2D eigenvalue weighted by Gasteiger charge is 2.60. The minimum atomic E-state index is -3.43. The maximum Gasteiger partial charge on any atom is 0.175 e. The molecular formula is C39H52O6Si. The Hall–Kier alpha value is -3.84. The normalized spacial score (nSPS) is 16.4. The van der Waals surface area contributed by atoms with Crippen LogP contribution in [0.25, 0.3) is 0 Å². The first-order valence-electron chi connectivity index (χ1n) is 15.7. The lowest BCUT2D eigenvalue weighted by molar-refractivity contribution is 0.387. The highest BCUT2D eigenvalue weighted by atomic mass is 28.3. The molecule has 46 heavy (non-hydrogen) atoms. The topological polar surface area (TPSA) is 55.4 Å². The van der Waals surface area contributed by atoms with E-state index in [-0.39, 0.29) is 0 Å². The molecular weight excluding hydrogens is 593 g/mol. The average molecular weight is 645 g/mol. The number of rotatable bonds is 10. The summed E-state index contributed by atoms with van der Waals surface area (Å²) in [6.07, 6.45) is 2.47. The van der Waals surface area contributed by atoms with Crippen LogP contribution in [0, 0.1) is 41.5 Å². The predicted molar refractivity (Wildman–Crippen MR) is 192 cm³/mol. The minimum Gasteiger partial charge on any atom is -0.496 e. The number of hydrogen-bond acceptors (Lipinski definition) is 6. The van der Waals surface area contributed by atoms with Crippen LogP contribution in [0.2, 0.25) is 5.04 Å². The second kappa shape index (κ2) is 12.7. The molecule has 0 fully saturated rings. The zero-order chi connectivity index (χ0) is 34.5. The zero-order valence-corrected chi connectivity index (χ0v) is 31.8. The molecule has 0 radical (unpaired) electrons. The number of allylic oxidation sites excluding steroid dienone is 4. The molecule has 3 aromatic rings. The maximum absolute atomic E-state index is 6.46. The van der Waals surface area contributed by atoms with Crippen LogP contribution in [0.1, 0.15) is 61.1 Å². The number of hydrogen-bond donors (Lipinski definition) is 0. The van der Waals surface area contributed by atoms with Crippen molar-refractivity contribution in [3.8, 4) is 34.5 Å². The Morgan fingerprint density at radius 2 is 0.739 bits per heavy atom. The van der Waals surface area contributed by atoms with Crippen molar-refractivity contribution >= 4 is 23.6 Å². The quantitative estimate of drug-likeness (QED) is 0.173. The van der Waals surface area contributed by atoms with E-state index in [0.29, 0.717) is 0 Å². The lowest BCUT2D eigenvalue weighted by atomic mass is 10.0. The summed E-state index contributed by atoms with van der Waals surface area (Å²) in [5.41, 5.74) is 9.85. The van der Waals surface area contributed by atoms with Crippen molar-refractivity contribution in [3.05, 3.63) is 74.4 Å². The van der Waals surface area contributed by atoms with Crippen LogP contribution in [0.5, 0.6) is 34.5 Å². The molecule has 0 saturated heterocycles. The molecule has 1 aliphatic carbocycles.